The van der Waals surface area contributed by atoms with Crippen LogP contribution in [0.1, 0.15) is 26.7 Å². The number of nitrogens with zero attached hydrogens (tertiary/aromatic N) is 1. The van der Waals surface area contributed by atoms with Gasteiger partial charge < -0.3 is 15.5 Å². The van der Waals surface area contributed by atoms with Crippen molar-refractivity contribution in [1.82, 2.24) is 15.5 Å². The molecule has 0 spiro atoms. The number of hydrogen-bond donors (Lipinski definition) is 2. The van der Waals surface area contributed by atoms with E-state index in [0.29, 0.717) is 24.4 Å². The first-order valence-corrected chi connectivity index (χ1v) is 6.16. The molecule has 0 aromatic rings. The van der Waals surface area contributed by atoms with Gasteiger partial charge in [-0.15, -0.1) is 0 Å². The number of likely N-dealkylation sites (N-methyl/N-ethyl adjacent to an activating group) is 1. The van der Waals surface area contributed by atoms with Crippen LogP contribution >= 0.6 is 0 Å². The Labute approximate surface area is 98.8 Å². The van der Waals surface area contributed by atoms with Crippen LogP contribution in [-0.4, -0.2) is 50.1 Å². The van der Waals surface area contributed by atoms with Crippen molar-refractivity contribution >= 4 is 5.91 Å². The molecular weight excluding hydrogens is 202 g/mol. The molecule has 16 heavy (non-hydrogen) atoms. The third kappa shape index (κ3) is 4.49. The minimum atomic E-state index is 0.195. The van der Waals surface area contributed by atoms with Gasteiger partial charge in [-0.25, -0.2) is 0 Å². The smallest absolute Gasteiger partial charge is 0.220 e. The Bertz CT molecular complexity index is 228. The van der Waals surface area contributed by atoms with Crippen molar-refractivity contribution in [3.8, 4) is 0 Å². The molecule has 1 rings (SSSR count). The summed E-state index contributed by atoms with van der Waals surface area (Å²) in [6.07, 6.45) is 1.66. The van der Waals surface area contributed by atoms with Gasteiger partial charge in [0.25, 0.3) is 0 Å². The Balaban J connectivity index is 2.29. The second-order valence-electron chi connectivity index (χ2n) is 5.32. The summed E-state index contributed by atoms with van der Waals surface area (Å²) >= 11 is 0. The van der Waals surface area contributed by atoms with Crippen LogP contribution in [0.5, 0.6) is 0 Å². The van der Waals surface area contributed by atoms with Gasteiger partial charge in [-0.1, -0.05) is 13.8 Å². The molecule has 1 aliphatic heterocycles. The zero-order chi connectivity index (χ0) is 12.1. The zero-order valence-electron chi connectivity index (χ0n) is 10.9. The highest BCUT2D eigenvalue weighted by Crippen LogP contribution is 2.07. The van der Waals surface area contributed by atoms with Gasteiger partial charge in [0, 0.05) is 31.6 Å². The molecule has 1 heterocycles. The fraction of sp³-hybridized carbons (Fsp3) is 0.917. The highest BCUT2D eigenvalue weighted by atomic mass is 16.1. The van der Waals surface area contributed by atoms with Crippen LogP contribution in [0.25, 0.3) is 0 Å². The Morgan fingerprint density at radius 3 is 2.62 bits per heavy atom. The lowest BCUT2D eigenvalue weighted by molar-refractivity contribution is -0.119. The molecule has 1 amide bonds. The van der Waals surface area contributed by atoms with E-state index in [1.54, 1.807) is 0 Å². The summed E-state index contributed by atoms with van der Waals surface area (Å²) in [6.45, 7) is 6.39. The highest BCUT2D eigenvalue weighted by molar-refractivity contribution is 5.78. The number of carbonyl (C=O) groups is 1. The van der Waals surface area contributed by atoms with E-state index in [9.17, 15) is 4.79 Å². The van der Waals surface area contributed by atoms with E-state index in [1.165, 1.54) is 0 Å². The van der Waals surface area contributed by atoms with E-state index in [2.05, 4.69) is 43.5 Å². The Morgan fingerprint density at radius 2 is 2.19 bits per heavy atom. The Kier molecular flexibility index (Phi) is 5.22. The maximum absolute atomic E-state index is 11.1. The number of carbonyl (C=O) groups excluding carboxylic acids is 1. The van der Waals surface area contributed by atoms with E-state index in [1.807, 2.05) is 0 Å². The molecule has 2 atom stereocenters. The molecule has 0 aliphatic carbocycles. The molecule has 1 aliphatic rings. The van der Waals surface area contributed by atoms with Crippen LogP contribution in [0, 0.1) is 5.92 Å². The Hall–Kier alpha value is -0.610. The summed E-state index contributed by atoms with van der Waals surface area (Å²) in [5.41, 5.74) is 0. The first-order chi connectivity index (χ1) is 7.49. The van der Waals surface area contributed by atoms with E-state index >= 15 is 0 Å². The van der Waals surface area contributed by atoms with E-state index in [0.717, 1.165) is 19.5 Å². The molecule has 4 nitrogen and oxygen atoms in total. The van der Waals surface area contributed by atoms with Crippen molar-refractivity contribution in [2.24, 2.45) is 5.92 Å². The fourth-order valence-electron chi connectivity index (χ4n) is 2.03. The van der Waals surface area contributed by atoms with Gasteiger partial charge in [0.1, 0.15) is 0 Å². The van der Waals surface area contributed by atoms with E-state index < -0.39 is 0 Å². The van der Waals surface area contributed by atoms with Crippen LogP contribution in [0.4, 0.5) is 0 Å². The highest BCUT2D eigenvalue weighted by Gasteiger charge is 2.22. The Morgan fingerprint density at radius 1 is 1.50 bits per heavy atom. The van der Waals surface area contributed by atoms with E-state index in [4.69, 9.17) is 0 Å². The number of nitrogens with one attached hydrogen (secondary N) is 2. The first kappa shape index (κ1) is 13.5. The van der Waals surface area contributed by atoms with Crippen molar-refractivity contribution in [2.75, 3.05) is 27.2 Å². The lowest BCUT2D eigenvalue weighted by Crippen LogP contribution is -2.46. The third-order valence-corrected chi connectivity index (χ3v) is 3.08. The lowest BCUT2D eigenvalue weighted by atomic mass is 10.0. The lowest BCUT2D eigenvalue weighted by Gasteiger charge is -2.27. The summed E-state index contributed by atoms with van der Waals surface area (Å²) in [7, 11) is 4.18. The molecular formula is C12H25N3O. The van der Waals surface area contributed by atoms with Crippen LogP contribution in [0.2, 0.25) is 0 Å². The van der Waals surface area contributed by atoms with Crippen molar-refractivity contribution in [3.63, 3.8) is 0 Å². The molecule has 0 aromatic carbocycles. The fourth-order valence-corrected chi connectivity index (χ4v) is 2.03. The van der Waals surface area contributed by atoms with Crippen LogP contribution < -0.4 is 10.6 Å². The summed E-state index contributed by atoms with van der Waals surface area (Å²) in [6, 6.07) is 0.823. The number of hydrogen-bond acceptors (Lipinski definition) is 3. The molecule has 2 unspecified atom stereocenters. The monoisotopic (exact) mass is 227 g/mol. The predicted octanol–water partition coefficient (Wildman–Crippen LogP) is 0.441. The van der Waals surface area contributed by atoms with Crippen LogP contribution in [0.15, 0.2) is 0 Å². The van der Waals surface area contributed by atoms with Crippen molar-refractivity contribution in [2.45, 2.75) is 38.8 Å². The molecule has 1 fully saturated rings. The SMILES string of the molecule is CC(C)C(CN(C)C)NCC1CCC(=O)N1. The van der Waals surface area contributed by atoms with E-state index in [-0.39, 0.29) is 5.91 Å². The van der Waals surface area contributed by atoms with Gasteiger partial charge in [-0.05, 0) is 26.4 Å². The zero-order valence-corrected chi connectivity index (χ0v) is 10.9. The maximum atomic E-state index is 11.1. The molecule has 0 bridgehead atoms. The van der Waals surface area contributed by atoms with Gasteiger partial charge in [0.15, 0.2) is 0 Å². The second kappa shape index (κ2) is 6.21. The molecule has 94 valence electrons. The predicted molar refractivity (Wildman–Crippen MR) is 66.3 cm³/mol. The first-order valence-electron chi connectivity index (χ1n) is 6.16. The molecule has 0 aromatic heterocycles. The largest absolute Gasteiger partial charge is 0.352 e. The summed E-state index contributed by atoms with van der Waals surface area (Å²) in [5.74, 6) is 0.806. The molecule has 2 N–H and O–H groups in total. The maximum Gasteiger partial charge on any atom is 0.220 e. The van der Waals surface area contributed by atoms with Crippen LogP contribution in [-0.2, 0) is 4.79 Å². The van der Waals surface area contributed by atoms with Gasteiger partial charge in [-0.3, -0.25) is 4.79 Å². The molecule has 4 heteroatoms. The normalized spacial score (nSPS) is 22.9. The number of amides is 1. The van der Waals surface area contributed by atoms with Gasteiger partial charge in [0.2, 0.25) is 5.91 Å². The van der Waals surface area contributed by atoms with Crippen LogP contribution in [0.3, 0.4) is 0 Å². The third-order valence-electron chi connectivity index (χ3n) is 3.08. The van der Waals surface area contributed by atoms with Crippen molar-refractivity contribution < 1.29 is 4.79 Å². The average Bonchev–Trinajstić information content (AvgIpc) is 2.58. The van der Waals surface area contributed by atoms with Crippen molar-refractivity contribution in [1.29, 1.82) is 0 Å². The number of rotatable bonds is 6. The molecule has 0 saturated carbocycles. The van der Waals surface area contributed by atoms with Gasteiger partial charge >= 0.3 is 0 Å². The summed E-state index contributed by atoms with van der Waals surface area (Å²) in [5, 5.41) is 6.54. The minimum absolute atomic E-state index is 0.195. The summed E-state index contributed by atoms with van der Waals surface area (Å²) in [4.78, 5) is 13.3. The minimum Gasteiger partial charge on any atom is -0.352 e. The second-order valence-corrected chi connectivity index (χ2v) is 5.32. The summed E-state index contributed by atoms with van der Waals surface area (Å²) < 4.78 is 0. The standard InChI is InChI=1S/C12H25N3O/c1-9(2)11(8-15(3)4)13-7-10-5-6-12(16)14-10/h9-11,13H,5-8H2,1-4H3,(H,14,16). The van der Waals surface area contributed by atoms with Gasteiger partial charge in [-0.2, -0.15) is 0 Å². The molecule has 1 saturated heterocycles. The molecule has 0 radical (unpaired) electrons. The van der Waals surface area contributed by atoms with Gasteiger partial charge in [0.05, 0.1) is 0 Å². The van der Waals surface area contributed by atoms with Crippen molar-refractivity contribution in [3.05, 3.63) is 0 Å². The topological polar surface area (TPSA) is 44.4 Å². The quantitative estimate of drug-likeness (QED) is 0.692. The average molecular weight is 227 g/mol.